The number of hydrogen-bond acceptors (Lipinski definition) is 6. The fraction of sp³-hybridized carbons (Fsp3) is 0.613. The van der Waals surface area contributed by atoms with Crippen LogP contribution >= 0.6 is 0 Å². The van der Waals surface area contributed by atoms with Gasteiger partial charge in [0.15, 0.2) is 0 Å². The van der Waals surface area contributed by atoms with E-state index in [4.69, 9.17) is 9.39 Å². The number of carbonyl (C=O) groups excluding carboxylic acids is 2. The highest BCUT2D eigenvalue weighted by Gasteiger charge is 2.58. The van der Waals surface area contributed by atoms with E-state index >= 15 is 0 Å². The lowest BCUT2D eigenvalue weighted by Crippen LogP contribution is -2.47. The highest BCUT2D eigenvalue weighted by molar-refractivity contribution is 6.43. The van der Waals surface area contributed by atoms with Crippen LogP contribution in [0.15, 0.2) is 41.0 Å². The summed E-state index contributed by atoms with van der Waals surface area (Å²) in [5.74, 6) is -0.841. The molecule has 0 aromatic heterocycles. The van der Waals surface area contributed by atoms with E-state index in [1.807, 2.05) is 18.2 Å². The molecule has 2 aliphatic heterocycles. The predicted octanol–water partition coefficient (Wildman–Crippen LogP) is 5.13. The summed E-state index contributed by atoms with van der Waals surface area (Å²) in [6.45, 7) is 2.53. The Kier molecular flexibility index (Phi) is 8.94. The number of rotatable bonds is 9. The highest BCUT2D eigenvalue weighted by Crippen LogP contribution is 2.51. The first-order valence-corrected chi connectivity index (χ1v) is 14.8. The molecule has 0 spiro atoms. The van der Waals surface area contributed by atoms with Gasteiger partial charge in [0, 0.05) is 18.7 Å². The number of hydrogen-bond donors (Lipinski definition) is 2. The molecule has 1 aromatic carbocycles. The Balaban J connectivity index is 1.42. The van der Waals surface area contributed by atoms with Crippen LogP contribution < -0.4 is 0 Å². The maximum absolute atomic E-state index is 13.9. The van der Waals surface area contributed by atoms with Crippen molar-refractivity contribution < 1.29 is 29.1 Å². The third-order valence-electron chi connectivity index (χ3n) is 9.20. The van der Waals surface area contributed by atoms with Crippen LogP contribution in [0.2, 0.25) is 6.32 Å². The molecule has 7 nitrogen and oxygen atoms in total. The average Bonchev–Trinajstić information content (AvgIpc) is 3.18. The van der Waals surface area contributed by atoms with Crippen molar-refractivity contribution in [2.45, 2.75) is 89.6 Å². The maximum atomic E-state index is 13.9. The number of phenolic OH excluding ortho intramolecular Hbond substituents is 1. The second-order valence-corrected chi connectivity index (χ2v) is 11.7. The molecule has 2 heterocycles. The van der Waals surface area contributed by atoms with Gasteiger partial charge in [0.25, 0.3) is 0 Å². The number of allylic oxidation sites excluding steroid dienone is 1. The standard InChI is InChI=1S/C31H42BNO6/c1-3-9-20(16-21-10-7-8-13-26(21)34)14-15-27-28-22(19-38-2)17-24-29(25(28)18-32(37)39-27)31(36)33(30(24)35)23-11-5-4-6-12-23/h7-8,10,13,16,23-25,27,29,34,37H,3-6,9,11-12,14-15,17-19H2,1-2H3/b20-16+/t24-,25+,27-,29-/m1/s1. The normalized spacial score (nSPS) is 28.2. The zero-order valence-corrected chi connectivity index (χ0v) is 23.3. The van der Waals surface area contributed by atoms with Gasteiger partial charge in [-0.25, -0.2) is 0 Å². The van der Waals surface area contributed by atoms with Crippen LogP contribution in [-0.2, 0) is 19.0 Å². The van der Waals surface area contributed by atoms with E-state index in [2.05, 4.69) is 13.0 Å². The SMILES string of the molecule is CCC/C(=C\c1ccccc1O)CC[C@H]1OB(O)C[C@H]2C1=C(COC)C[C@H]1C(=O)N(C3CCCCC3)C(=O)[C@H]12. The molecular weight excluding hydrogens is 493 g/mol. The van der Waals surface area contributed by atoms with Gasteiger partial charge in [-0.3, -0.25) is 14.5 Å². The summed E-state index contributed by atoms with van der Waals surface area (Å²) >= 11 is 0. The monoisotopic (exact) mass is 535 g/mol. The quantitative estimate of drug-likeness (QED) is 0.259. The molecule has 0 radical (unpaired) electrons. The minimum atomic E-state index is -0.977. The van der Waals surface area contributed by atoms with Crippen molar-refractivity contribution in [1.29, 1.82) is 0 Å². The molecule has 2 saturated heterocycles. The van der Waals surface area contributed by atoms with Crippen LogP contribution in [-0.4, -0.2) is 59.8 Å². The summed E-state index contributed by atoms with van der Waals surface area (Å²) in [6.07, 6.45) is 10.9. The van der Waals surface area contributed by atoms with E-state index in [1.54, 1.807) is 18.1 Å². The van der Waals surface area contributed by atoms with Crippen LogP contribution in [0, 0.1) is 17.8 Å². The number of amides is 2. The van der Waals surface area contributed by atoms with Gasteiger partial charge >= 0.3 is 7.12 Å². The molecule has 0 bridgehead atoms. The summed E-state index contributed by atoms with van der Waals surface area (Å²) in [7, 11) is 0.682. The number of fused-ring (bicyclic) bond motifs is 3. The molecule has 4 aliphatic rings. The zero-order chi connectivity index (χ0) is 27.5. The molecule has 210 valence electrons. The van der Waals surface area contributed by atoms with Gasteiger partial charge in [-0.2, -0.15) is 0 Å². The second kappa shape index (κ2) is 12.4. The molecule has 1 saturated carbocycles. The molecule has 2 amide bonds. The van der Waals surface area contributed by atoms with Crippen molar-refractivity contribution in [2.24, 2.45) is 17.8 Å². The third-order valence-corrected chi connectivity index (χ3v) is 9.20. The van der Waals surface area contributed by atoms with Crippen molar-refractivity contribution in [1.82, 2.24) is 4.90 Å². The summed E-state index contributed by atoms with van der Waals surface area (Å²) in [4.78, 5) is 29.1. The lowest BCUT2D eigenvalue weighted by Gasteiger charge is -2.43. The topological polar surface area (TPSA) is 96.3 Å². The third kappa shape index (κ3) is 5.75. The number of para-hydroxylation sites is 1. The Bertz CT molecular complexity index is 1130. The minimum absolute atomic E-state index is 0.00961. The molecule has 5 rings (SSSR count). The molecule has 1 aromatic rings. The number of methoxy groups -OCH3 is 1. The van der Waals surface area contributed by atoms with E-state index < -0.39 is 13.0 Å². The minimum Gasteiger partial charge on any atom is -0.507 e. The number of ether oxygens (including phenoxy) is 1. The van der Waals surface area contributed by atoms with Crippen LogP contribution in [0.25, 0.3) is 6.08 Å². The molecule has 4 atom stereocenters. The van der Waals surface area contributed by atoms with Crippen molar-refractivity contribution >= 4 is 25.0 Å². The van der Waals surface area contributed by atoms with Crippen LogP contribution in [0.3, 0.4) is 0 Å². The first kappa shape index (κ1) is 28.1. The first-order valence-electron chi connectivity index (χ1n) is 14.8. The molecule has 39 heavy (non-hydrogen) atoms. The number of likely N-dealkylation sites (tertiary alicyclic amines) is 1. The predicted molar refractivity (Wildman–Crippen MR) is 151 cm³/mol. The van der Waals surface area contributed by atoms with E-state index in [0.717, 1.165) is 68.1 Å². The summed E-state index contributed by atoms with van der Waals surface area (Å²) < 4.78 is 11.7. The van der Waals surface area contributed by atoms with E-state index in [0.29, 0.717) is 25.8 Å². The Labute approximate surface area is 232 Å². The fourth-order valence-electron chi connectivity index (χ4n) is 7.53. The van der Waals surface area contributed by atoms with Crippen LogP contribution in [0.5, 0.6) is 5.75 Å². The van der Waals surface area contributed by atoms with Gasteiger partial charge in [-0.15, -0.1) is 0 Å². The van der Waals surface area contributed by atoms with Gasteiger partial charge in [0.1, 0.15) is 5.75 Å². The number of nitrogens with zero attached hydrogens (tertiary/aromatic N) is 1. The summed E-state index contributed by atoms with van der Waals surface area (Å²) in [6, 6.07) is 7.33. The Morgan fingerprint density at radius 1 is 1.13 bits per heavy atom. The Morgan fingerprint density at radius 3 is 2.62 bits per heavy atom. The largest absolute Gasteiger partial charge is 0.507 e. The van der Waals surface area contributed by atoms with Gasteiger partial charge in [-0.05, 0) is 68.0 Å². The molecule has 0 unspecified atom stereocenters. The zero-order valence-electron chi connectivity index (χ0n) is 23.3. The molecule has 8 heteroatoms. The molecule has 2 aliphatic carbocycles. The highest BCUT2D eigenvalue weighted by atomic mass is 16.5. The molecular formula is C31H42BNO6. The number of benzene rings is 1. The van der Waals surface area contributed by atoms with Gasteiger partial charge in [0.05, 0.1) is 24.5 Å². The number of imide groups is 1. The van der Waals surface area contributed by atoms with Crippen molar-refractivity contribution in [3.8, 4) is 5.75 Å². The summed E-state index contributed by atoms with van der Waals surface area (Å²) in [5.41, 5.74) is 4.11. The molecule has 2 N–H and O–H groups in total. The van der Waals surface area contributed by atoms with E-state index in [1.165, 1.54) is 5.57 Å². The Morgan fingerprint density at radius 2 is 1.90 bits per heavy atom. The van der Waals surface area contributed by atoms with E-state index in [9.17, 15) is 19.7 Å². The number of carbonyl (C=O) groups is 2. The van der Waals surface area contributed by atoms with Crippen molar-refractivity contribution in [3.63, 3.8) is 0 Å². The van der Waals surface area contributed by atoms with E-state index in [-0.39, 0.29) is 41.5 Å². The fourth-order valence-corrected chi connectivity index (χ4v) is 7.53. The first-order chi connectivity index (χ1) is 18.9. The number of phenols is 1. The van der Waals surface area contributed by atoms with Gasteiger partial charge in [0.2, 0.25) is 11.8 Å². The maximum Gasteiger partial charge on any atom is 0.455 e. The summed E-state index contributed by atoms with van der Waals surface area (Å²) in [5, 5.41) is 21.1. The second-order valence-electron chi connectivity index (χ2n) is 11.7. The van der Waals surface area contributed by atoms with Crippen LogP contribution in [0.1, 0.15) is 76.7 Å². The smallest absolute Gasteiger partial charge is 0.455 e. The van der Waals surface area contributed by atoms with Crippen molar-refractivity contribution in [3.05, 3.63) is 46.5 Å². The number of aromatic hydroxyl groups is 1. The Hall–Kier alpha value is -2.42. The van der Waals surface area contributed by atoms with Crippen molar-refractivity contribution in [2.75, 3.05) is 13.7 Å². The van der Waals surface area contributed by atoms with Crippen LogP contribution in [0.4, 0.5) is 0 Å². The van der Waals surface area contributed by atoms with Gasteiger partial charge in [-0.1, -0.05) is 62.5 Å². The van der Waals surface area contributed by atoms with Gasteiger partial charge < -0.3 is 19.5 Å². The lowest BCUT2D eigenvalue weighted by molar-refractivity contribution is -0.143. The molecule has 3 fully saturated rings. The lowest BCUT2D eigenvalue weighted by atomic mass is 9.58. The average molecular weight is 535 g/mol.